The van der Waals surface area contributed by atoms with Crippen LogP contribution in [0.5, 0.6) is 0 Å². The van der Waals surface area contributed by atoms with Crippen LogP contribution in [0.1, 0.15) is 60.8 Å². The molecule has 5 aliphatic rings. The standard InChI is InChI=1S/C44H43N11/c1-28-11-9-17-46-41(28)48-37-25-31(54-19-5-3-6-20-54)13-15-33(37)35-23-30-24-36(51-44-40(30)43(50-35)52-39(27-45)53-44)34-16-14-32(55-21-7-4-8-22-55)26-38(34)49-42-29(2)12-10-18-47-42/h9-18,23-26,40H,3-8,19-22H2,1-2H3,(H,46,48)(H,47,49). The van der Waals surface area contributed by atoms with Crippen molar-refractivity contribution in [2.75, 3.05) is 46.6 Å². The van der Waals surface area contributed by atoms with Crippen molar-refractivity contribution in [2.45, 2.75) is 52.4 Å². The van der Waals surface area contributed by atoms with Crippen LogP contribution in [0.4, 0.5) is 34.4 Å². The number of anilines is 6. The second-order valence-electron chi connectivity index (χ2n) is 14.7. The molecule has 0 spiro atoms. The van der Waals surface area contributed by atoms with Gasteiger partial charge in [0.15, 0.2) is 0 Å². The first-order chi connectivity index (χ1) is 27.0. The van der Waals surface area contributed by atoms with E-state index in [1.807, 2.05) is 12.1 Å². The zero-order valence-electron chi connectivity index (χ0n) is 31.3. The Balaban J connectivity index is 1.16. The minimum atomic E-state index is -0.381. The minimum absolute atomic E-state index is 0.0430. The third-order valence-corrected chi connectivity index (χ3v) is 11.0. The number of aliphatic imine (C=N–C) groups is 4. The summed E-state index contributed by atoms with van der Waals surface area (Å²) in [7, 11) is 0. The van der Waals surface area contributed by atoms with Crippen molar-refractivity contribution in [1.82, 2.24) is 9.97 Å². The number of allylic oxidation sites excluding steroid dienone is 2. The number of hydrogen-bond acceptors (Lipinski definition) is 11. The molecule has 2 saturated heterocycles. The predicted molar refractivity (Wildman–Crippen MR) is 224 cm³/mol. The van der Waals surface area contributed by atoms with Gasteiger partial charge in [-0.2, -0.15) is 5.26 Å². The van der Waals surface area contributed by atoms with E-state index in [0.717, 1.165) is 88.4 Å². The second-order valence-corrected chi connectivity index (χ2v) is 14.7. The number of aromatic nitrogens is 2. The summed E-state index contributed by atoms with van der Waals surface area (Å²) in [4.78, 5) is 33.8. The van der Waals surface area contributed by atoms with E-state index >= 15 is 0 Å². The molecule has 5 aliphatic heterocycles. The molecule has 1 unspecified atom stereocenters. The molecule has 0 amide bonds. The van der Waals surface area contributed by atoms with Gasteiger partial charge in [-0.15, -0.1) is 0 Å². The quantitative estimate of drug-likeness (QED) is 0.186. The zero-order chi connectivity index (χ0) is 37.3. The van der Waals surface area contributed by atoms with E-state index in [9.17, 15) is 5.26 Å². The van der Waals surface area contributed by atoms with Gasteiger partial charge in [0.2, 0.25) is 5.84 Å². The van der Waals surface area contributed by atoms with Gasteiger partial charge in [-0.3, -0.25) is 0 Å². The molecule has 7 heterocycles. The fraction of sp³-hybridized carbons (Fsp3) is 0.295. The molecule has 0 radical (unpaired) electrons. The number of hydrogen-bond donors (Lipinski definition) is 2. The van der Waals surface area contributed by atoms with Gasteiger partial charge in [0, 0.05) is 61.1 Å². The van der Waals surface area contributed by atoms with Crippen LogP contribution in [0.2, 0.25) is 0 Å². The van der Waals surface area contributed by atoms with Crippen LogP contribution in [-0.2, 0) is 0 Å². The molecule has 2 aromatic carbocycles. The van der Waals surface area contributed by atoms with E-state index in [1.165, 1.54) is 49.9 Å². The largest absolute Gasteiger partial charge is 0.371 e. The summed E-state index contributed by atoms with van der Waals surface area (Å²) in [6, 6.07) is 23.2. The van der Waals surface area contributed by atoms with Crippen LogP contribution in [0.15, 0.2) is 111 Å². The van der Waals surface area contributed by atoms with Crippen molar-refractivity contribution in [3.63, 3.8) is 0 Å². The van der Waals surface area contributed by atoms with Gasteiger partial charge in [0.25, 0.3) is 0 Å². The zero-order valence-corrected chi connectivity index (χ0v) is 31.3. The molecular weight excluding hydrogens is 683 g/mol. The molecule has 11 nitrogen and oxygen atoms in total. The van der Waals surface area contributed by atoms with Gasteiger partial charge in [-0.05, 0) is 130 Å². The monoisotopic (exact) mass is 725 g/mol. The van der Waals surface area contributed by atoms with Gasteiger partial charge in [-0.25, -0.2) is 29.9 Å². The molecule has 11 heteroatoms. The number of aryl methyl sites for hydroxylation is 2. The summed E-state index contributed by atoms with van der Waals surface area (Å²) >= 11 is 0. The van der Waals surface area contributed by atoms with Crippen molar-refractivity contribution in [3.8, 4) is 6.07 Å². The first-order valence-corrected chi connectivity index (χ1v) is 19.3. The highest BCUT2D eigenvalue weighted by Crippen LogP contribution is 2.40. The number of amidine groups is 3. The van der Waals surface area contributed by atoms with Crippen molar-refractivity contribution in [2.24, 2.45) is 25.9 Å². The lowest BCUT2D eigenvalue weighted by Gasteiger charge is -2.31. The summed E-state index contributed by atoms with van der Waals surface area (Å²) in [6.07, 6.45) is 15.1. The van der Waals surface area contributed by atoms with E-state index < -0.39 is 0 Å². The molecule has 274 valence electrons. The molecule has 4 aromatic rings. The average Bonchev–Trinajstić information content (AvgIpc) is 3.23. The Morgan fingerprint density at radius 1 is 0.636 bits per heavy atom. The summed E-state index contributed by atoms with van der Waals surface area (Å²) in [5, 5.41) is 17.3. The summed E-state index contributed by atoms with van der Waals surface area (Å²) in [5.41, 5.74) is 10.5. The number of pyridine rings is 2. The summed E-state index contributed by atoms with van der Waals surface area (Å²) in [5.74, 6) is 2.27. The molecule has 1 atom stereocenters. The molecule has 0 saturated carbocycles. The molecule has 0 bridgehead atoms. The number of nitriles is 1. The molecular formula is C44H43N11. The van der Waals surface area contributed by atoms with Crippen molar-refractivity contribution >= 4 is 63.3 Å². The van der Waals surface area contributed by atoms with Gasteiger partial charge >= 0.3 is 0 Å². The van der Waals surface area contributed by atoms with E-state index in [-0.39, 0.29) is 11.8 Å². The first kappa shape index (κ1) is 34.4. The fourth-order valence-corrected chi connectivity index (χ4v) is 8.03. The highest BCUT2D eigenvalue weighted by atomic mass is 15.1. The molecule has 0 aliphatic carbocycles. The second kappa shape index (κ2) is 14.8. The third-order valence-electron chi connectivity index (χ3n) is 11.0. The maximum absolute atomic E-state index is 10.1. The van der Waals surface area contributed by atoms with Gasteiger partial charge in [0.05, 0.1) is 22.8 Å². The van der Waals surface area contributed by atoms with Crippen molar-refractivity contribution in [1.29, 1.82) is 5.26 Å². The SMILES string of the molecule is Cc1cccnc1Nc1cc(N2CCCCC2)ccc1C1=CC2=CC(c3ccc(N4CCCCC4)cc3Nc3ncccc3C)=NC3=NC(C#N)=NC(=N1)C23. The normalized spacial score (nSPS) is 19.1. The van der Waals surface area contributed by atoms with Gasteiger partial charge < -0.3 is 20.4 Å². The lowest BCUT2D eigenvalue weighted by atomic mass is 9.86. The Hall–Kier alpha value is -6.41. The highest BCUT2D eigenvalue weighted by Gasteiger charge is 2.37. The minimum Gasteiger partial charge on any atom is -0.371 e. The van der Waals surface area contributed by atoms with E-state index in [1.54, 1.807) is 12.4 Å². The molecule has 9 rings (SSSR count). The Morgan fingerprint density at radius 3 is 1.78 bits per heavy atom. The van der Waals surface area contributed by atoms with Crippen LogP contribution in [0.3, 0.4) is 0 Å². The first-order valence-electron chi connectivity index (χ1n) is 19.3. The number of piperidine rings is 2. The number of rotatable bonds is 8. The smallest absolute Gasteiger partial charge is 0.235 e. The van der Waals surface area contributed by atoms with Crippen LogP contribution < -0.4 is 20.4 Å². The maximum Gasteiger partial charge on any atom is 0.235 e. The molecule has 55 heavy (non-hydrogen) atoms. The number of nitrogens with one attached hydrogen (secondary N) is 2. The number of nitrogens with zero attached hydrogens (tertiary/aromatic N) is 9. The Bertz CT molecular complexity index is 2290. The van der Waals surface area contributed by atoms with Gasteiger partial charge in [0.1, 0.15) is 35.3 Å². The van der Waals surface area contributed by atoms with Gasteiger partial charge in [-0.1, -0.05) is 12.1 Å². The Kier molecular flexibility index (Phi) is 9.24. The maximum atomic E-state index is 10.1. The van der Waals surface area contributed by atoms with Crippen LogP contribution in [0, 0.1) is 31.1 Å². The van der Waals surface area contributed by atoms with Crippen LogP contribution in [0.25, 0.3) is 5.70 Å². The van der Waals surface area contributed by atoms with E-state index in [4.69, 9.17) is 9.98 Å². The lowest BCUT2D eigenvalue weighted by Crippen LogP contribution is -2.34. The predicted octanol–water partition coefficient (Wildman–Crippen LogP) is 8.69. The van der Waals surface area contributed by atoms with Crippen molar-refractivity contribution < 1.29 is 0 Å². The van der Waals surface area contributed by atoms with E-state index in [2.05, 4.69) is 121 Å². The lowest BCUT2D eigenvalue weighted by molar-refractivity contribution is 0.578. The van der Waals surface area contributed by atoms with E-state index in [0.29, 0.717) is 11.7 Å². The topological polar surface area (TPSA) is 130 Å². The Labute approximate surface area is 321 Å². The number of dihydropyridines is 1. The summed E-state index contributed by atoms with van der Waals surface area (Å²) < 4.78 is 0. The Morgan fingerprint density at radius 2 is 1.20 bits per heavy atom. The van der Waals surface area contributed by atoms with Crippen LogP contribution >= 0.6 is 0 Å². The average molecular weight is 726 g/mol. The van der Waals surface area contributed by atoms with Crippen LogP contribution in [-0.4, -0.2) is 59.4 Å². The summed E-state index contributed by atoms with van der Waals surface area (Å²) in [6.45, 7) is 8.25. The fourth-order valence-electron chi connectivity index (χ4n) is 8.03. The molecule has 2 aromatic heterocycles. The molecule has 2 fully saturated rings. The molecule has 2 N–H and O–H groups in total. The third kappa shape index (κ3) is 6.92. The van der Waals surface area contributed by atoms with Crippen molar-refractivity contribution in [3.05, 3.63) is 113 Å². The highest BCUT2D eigenvalue weighted by molar-refractivity contribution is 6.30. The number of benzene rings is 2.